The third-order valence-corrected chi connectivity index (χ3v) is 8.30. The van der Waals surface area contributed by atoms with Crippen LogP contribution in [0.4, 0.5) is 5.69 Å². The molecule has 33 heavy (non-hydrogen) atoms. The number of ketones is 1. The van der Waals surface area contributed by atoms with Crippen LogP contribution in [0.1, 0.15) is 36.2 Å². The van der Waals surface area contributed by atoms with Gasteiger partial charge in [0.15, 0.2) is 5.78 Å². The maximum absolute atomic E-state index is 13.4. The standard InChI is InChI=1S/C25H36N4O3S/c1-20-17-28(18-21(2)27(20)3)14-7-15-33(31,32)29(24-8-5-4-6-9-24)19-22-10-12-23(13-11-22)25(30)16-26/h4-6,8-13,20-21H,7,14-19,26H2,1-3H3/t20-,21+. The number of benzene rings is 2. The first-order valence-electron chi connectivity index (χ1n) is 11.5. The van der Waals surface area contributed by atoms with Gasteiger partial charge in [0.05, 0.1) is 24.5 Å². The molecule has 3 rings (SSSR count). The number of Topliss-reactive ketones (excluding diaryl/α,β-unsaturated/α-hetero) is 1. The molecule has 180 valence electrons. The fraction of sp³-hybridized carbons (Fsp3) is 0.480. The first kappa shape index (κ1) is 25.4. The van der Waals surface area contributed by atoms with Crippen LogP contribution in [0.25, 0.3) is 0 Å². The maximum atomic E-state index is 13.4. The summed E-state index contributed by atoms with van der Waals surface area (Å²) in [5.74, 6) is -0.0533. The highest BCUT2D eigenvalue weighted by Crippen LogP contribution is 2.22. The smallest absolute Gasteiger partial charge is 0.235 e. The quantitative estimate of drug-likeness (QED) is 0.535. The Morgan fingerprint density at radius 3 is 2.21 bits per heavy atom. The summed E-state index contributed by atoms with van der Waals surface area (Å²) < 4.78 is 28.3. The van der Waals surface area contributed by atoms with Gasteiger partial charge in [0.1, 0.15) is 0 Å². The molecule has 1 aliphatic rings. The van der Waals surface area contributed by atoms with E-state index in [-0.39, 0.29) is 24.6 Å². The second-order valence-corrected chi connectivity index (χ2v) is 11.0. The van der Waals surface area contributed by atoms with Crippen molar-refractivity contribution in [2.24, 2.45) is 5.73 Å². The van der Waals surface area contributed by atoms with Crippen molar-refractivity contribution in [3.63, 3.8) is 0 Å². The average Bonchev–Trinajstić information content (AvgIpc) is 2.81. The zero-order chi connectivity index (χ0) is 24.0. The molecular weight excluding hydrogens is 436 g/mol. The SMILES string of the molecule is C[C@@H]1CN(CCCS(=O)(=O)N(Cc2ccc(C(=O)CN)cc2)c2ccccc2)C[C@H](C)N1C. The van der Waals surface area contributed by atoms with Crippen molar-refractivity contribution in [1.29, 1.82) is 0 Å². The van der Waals surface area contributed by atoms with E-state index in [4.69, 9.17) is 5.73 Å². The molecule has 0 unspecified atom stereocenters. The Morgan fingerprint density at radius 1 is 1.03 bits per heavy atom. The van der Waals surface area contributed by atoms with Crippen molar-refractivity contribution in [3.8, 4) is 0 Å². The molecule has 7 nitrogen and oxygen atoms in total. The number of likely N-dealkylation sites (N-methyl/N-ethyl adjacent to an activating group) is 1. The fourth-order valence-corrected chi connectivity index (χ4v) is 5.80. The monoisotopic (exact) mass is 472 g/mol. The van der Waals surface area contributed by atoms with E-state index in [1.54, 1.807) is 24.3 Å². The predicted octanol–water partition coefficient (Wildman–Crippen LogP) is 2.58. The first-order valence-corrected chi connectivity index (χ1v) is 13.1. The van der Waals surface area contributed by atoms with Gasteiger partial charge in [-0.05, 0) is 51.6 Å². The average molecular weight is 473 g/mol. The summed E-state index contributed by atoms with van der Waals surface area (Å²) in [6.45, 7) is 7.27. The normalized spacial score (nSPS) is 20.0. The molecule has 1 aliphatic heterocycles. The highest BCUT2D eigenvalue weighted by molar-refractivity contribution is 7.92. The van der Waals surface area contributed by atoms with Crippen molar-refractivity contribution < 1.29 is 13.2 Å². The van der Waals surface area contributed by atoms with E-state index in [9.17, 15) is 13.2 Å². The zero-order valence-electron chi connectivity index (χ0n) is 19.9. The van der Waals surface area contributed by atoms with Crippen LogP contribution in [0.2, 0.25) is 0 Å². The minimum atomic E-state index is -3.53. The molecule has 8 heteroatoms. The van der Waals surface area contributed by atoms with Gasteiger partial charge in [-0.1, -0.05) is 42.5 Å². The lowest BCUT2D eigenvalue weighted by atomic mass is 10.1. The van der Waals surface area contributed by atoms with Gasteiger partial charge < -0.3 is 10.6 Å². The summed E-state index contributed by atoms with van der Waals surface area (Å²) in [4.78, 5) is 16.5. The molecule has 0 radical (unpaired) electrons. The summed E-state index contributed by atoms with van der Waals surface area (Å²) >= 11 is 0. The van der Waals surface area contributed by atoms with Crippen LogP contribution in [0.3, 0.4) is 0 Å². The number of nitrogens with zero attached hydrogens (tertiary/aromatic N) is 3. The number of nitrogens with two attached hydrogens (primary N) is 1. The third-order valence-electron chi connectivity index (χ3n) is 6.48. The van der Waals surface area contributed by atoms with Gasteiger partial charge in [0.25, 0.3) is 0 Å². The first-order chi connectivity index (χ1) is 15.7. The summed E-state index contributed by atoms with van der Waals surface area (Å²) in [6, 6.07) is 17.1. The highest BCUT2D eigenvalue weighted by atomic mass is 32.2. The number of sulfonamides is 1. The van der Waals surface area contributed by atoms with Crippen LogP contribution in [0.5, 0.6) is 0 Å². The van der Waals surface area contributed by atoms with Crippen LogP contribution in [0.15, 0.2) is 54.6 Å². The van der Waals surface area contributed by atoms with E-state index >= 15 is 0 Å². The lowest BCUT2D eigenvalue weighted by molar-refractivity contribution is 0.0604. The molecule has 0 saturated carbocycles. The summed E-state index contributed by atoms with van der Waals surface area (Å²) in [6.07, 6.45) is 0.582. The second-order valence-electron chi connectivity index (χ2n) is 8.96. The van der Waals surface area contributed by atoms with Crippen molar-refractivity contribution in [3.05, 3.63) is 65.7 Å². The molecule has 0 bridgehead atoms. The third kappa shape index (κ3) is 6.63. The van der Waals surface area contributed by atoms with Gasteiger partial charge >= 0.3 is 0 Å². The number of carbonyl (C=O) groups is 1. The van der Waals surface area contributed by atoms with Crippen LogP contribution in [0, 0.1) is 0 Å². The molecule has 0 spiro atoms. The molecule has 1 saturated heterocycles. The Balaban J connectivity index is 1.70. The second kappa shape index (κ2) is 11.2. The molecular formula is C25H36N4O3S. The summed E-state index contributed by atoms with van der Waals surface area (Å²) in [7, 11) is -1.39. The molecule has 2 aromatic carbocycles. The predicted molar refractivity (Wildman–Crippen MR) is 134 cm³/mol. The van der Waals surface area contributed by atoms with E-state index in [1.165, 1.54) is 4.31 Å². The maximum Gasteiger partial charge on any atom is 0.235 e. The van der Waals surface area contributed by atoms with Crippen LogP contribution in [-0.4, -0.2) is 75.1 Å². The molecule has 2 atom stereocenters. The lowest BCUT2D eigenvalue weighted by Gasteiger charge is -2.42. The fourth-order valence-electron chi connectivity index (χ4n) is 4.30. The number of carbonyl (C=O) groups excluding carboxylic acids is 1. The van der Waals surface area contributed by atoms with Crippen molar-refractivity contribution in [2.45, 2.75) is 38.9 Å². The van der Waals surface area contributed by atoms with Crippen molar-refractivity contribution >= 4 is 21.5 Å². The molecule has 0 amide bonds. The molecule has 1 heterocycles. The summed E-state index contributed by atoms with van der Waals surface area (Å²) in [5.41, 5.74) is 7.43. The molecule has 2 aromatic rings. The van der Waals surface area contributed by atoms with Crippen LogP contribution < -0.4 is 10.0 Å². The van der Waals surface area contributed by atoms with E-state index in [0.29, 0.717) is 29.8 Å². The number of anilines is 1. The Labute approximate surface area is 198 Å². The molecule has 1 fully saturated rings. The van der Waals surface area contributed by atoms with E-state index in [1.807, 2.05) is 30.3 Å². The van der Waals surface area contributed by atoms with Crippen molar-refractivity contribution in [2.75, 3.05) is 43.3 Å². The molecule has 0 aliphatic carbocycles. The number of hydrogen-bond acceptors (Lipinski definition) is 6. The van der Waals surface area contributed by atoms with E-state index < -0.39 is 10.0 Å². The Bertz CT molecular complexity index is 1000. The summed E-state index contributed by atoms with van der Waals surface area (Å²) in [5, 5.41) is 0. The van der Waals surface area contributed by atoms with Gasteiger partial charge in [-0.3, -0.25) is 14.0 Å². The number of para-hydroxylation sites is 1. The topological polar surface area (TPSA) is 87.0 Å². The Kier molecular flexibility index (Phi) is 8.64. The van der Waals surface area contributed by atoms with Gasteiger partial charge in [0.2, 0.25) is 10.0 Å². The largest absolute Gasteiger partial charge is 0.324 e. The highest BCUT2D eigenvalue weighted by Gasteiger charge is 2.27. The van der Waals surface area contributed by atoms with Gasteiger partial charge in [0, 0.05) is 30.7 Å². The molecule has 0 aromatic heterocycles. The van der Waals surface area contributed by atoms with Gasteiger partial charge in [-0.15, -0.1) is 0 Å². The number of rotatable bonds is 10. The Morgan fingerprint density at radius 2 is 1.64 bits per heavy atom. The molecule has 2 N–H and O–H groups in total. The van der Waals surface area contributed by atoms with Crippen LogP contribution in [-0.2, 0) is 16.6 Å². The minimum Gasteiger partial charge on any atom is -0.324 e. The Hall–Kier alpha value is -2.26. The van der Waals surface area contributed by atoms with E-state index in [0.717, 1.165) is 25.2 Å². The van der Waals surface area contributed by atoms with Crippen molar-refractivity contribution in [1.82, 2.24) is 9.80 Å². The van der Waals surface area contributed by atoms with Gasteiger partial charge in [-0.2, -0.15) is 0 Å². The van der Waals surface area contributed by atoms with Gasteiger partial charge in [-0.25, -0.2) is 8.42 Å². The zero-order valence-corrected chi connectivity index (χ0v) is 20.7. The minimum absolute atomic E-state index is 0.0469. The lowest BCUT2D eigenvalue weighted by Crippen LogP contribution is -2.55. The van der Waals surface area contributed by atoms with E-state index in [2.05, 4.69) is 30.7 Å². The number of piperazine rings is 1. The number of hydrogen-bond donors (Lipinski definition) is 1. The van der Waals surface area contributed by atoms with Crippen LogP contribution >= 0.6 is 0 Å².